The van der Waals surface area contributed by atoms with E-state index >= 15 is 0 Å². The number of sulfonamides is 2. The molecule has 1 aliphatic heterocycles. The molecule has 0 bridgehead atoms. The highest BCUT2D eigenvalue weighted by Gasteiger charge is 2.31. The number of hydrogen-bond acceptors (Lipinski definition) is 5. The van der Waals surface area contributed by atoms with E-state index in [-0.39, 0.29) is 37.7 Å². The topological polar surface area (TPSA) is 84.0 Å². The van der Waals surface area contributed by atoms with Gasteiger partial charge in [-0.2, -0.15) is 8.61 Å². The molecule has 146 valence electrons. The molecule has 2 aromatic carbocycles. The molecule has 0 atom stereocenters. The van der Waals surface area contributed by atoms with Crippen LogP contribution < -0.4 is 4.74 Å². The Morgan fingerprint density at radius 1 is 0.852 bits per heavy atom. The van der Waals surface area contributed by atoms with Gasteiger partial charge in [-0.25, -0.2) is 16.8 Å². The highest BCUT2D eigenvalue weighted by molar-refractivity contribution is 7.89. The Labute approximate surface area is 160 Å². The summed E-state index contributed by atoms with van der Waals surface area (Å²) in [5.74, 6) is 0.711. The molecule has 2 aromatic rings. The molecule has 0 N–H and O–H groups in total. The number of ether oxygens (including phenoxy) is 1. The molecule has 1 fully saturated rings. The Kier molecular flexibility index (Phi) is 5.85. The average Bonchev–Trinajstić information content (AvgIpc) is 2.67. The van der Waals surface area contributed by atoms with E-state index in [0.717, 1.165) is 11.8 Å². The minimum Gasteiger partial charge on any atom is -0.489 e. The highest BCUT2D eigenvalue weighted by atomic mass is 32.2. The number of nitrogens with zero attached hydrogens (tertiary/aromatic N) is 2. The number of piperazine rings is 1. The Morgan fingerprint density at radius 3 is 2.11 bits per heavy atom. The van der Waals surface area contributed by atoms with Crippen molar-refractivity contribution in [2.75, 3.05) is 32.4 Å². The Morgan fingerprint density at radius 2 is 1.48 bits per heavy atom. The van der Waals surface area contributed by atoms with Gasteiger partial charge in [0.15, 0.2) is 0 Å². The third-order valence-corrected chi connectivity index (χ3v) is 7.55. The number of rotatable bonds is 6. The van der Waals surface area contributed by atoms with Gasteiger partial charge in [-0.3, -0.25) is 0 Å². The number of benzene rings is 2. The van der Waals surface area contributed by atoms with E-state index in [4.69, 9.17) is 4.74 Å². The summed E-state index contributed by atoms with van der Waals surface area (Å²) in [7, 11) is -6.98. The van der Waals surface area contributed by atoms with Crippen LogP contribution in [0.4, 0.5) is 0 Å². The van der Waals surface area contributed by atoms with Gasteiger partial charge >= 0.3 is 0 Å². The molecular formula is C18H22N2O5S2. The van der Waals surface area contributed by atoms with Crippen molar-refractivity contribution in [3.63, 3.8) is 0 Å². The Balaban J connectivity index is 1.70. The largest absolute Gasteiger partial charge is 0.489 e. The molecule has 0 amide bonds. The lowest BCUT2D eigenvalue weighted by atomic mass is 10.2. The second kappa shape index (κ2) is 7.97. The van der Waals surface area contributed by atoms with E-state index in [1.54, 1.807) is 18.2 Å². The van der Waals surface area contributed by atoms with Crippen LogP contribution in [0, 0.1) is 0 Å². The van der Waals surface area contributed by atoms with Crippen molar-refractivity contribution in [3.8, 4) is 5.75 Å². The van der Waals surface area contributed by atoms with Gasteiger partial charge in [-0.1, -0.05) is 30.3 Å². The molecule has 0 spiro atoms. The van der Waals surface area contributed by atoms with Gasteiger partial charge in [0.05, 0.1) is 11.2 Å². The molecule has 0 saturated carbocycles. The number of hydrogen-bond donors (Lipinski definition) is 0. The van der Waals surface area contributed by atoms with Crippen LogP contribution in [0.2, 0.25) is 0 Å². The van der Waals surface area contributed by atoms with E-state index in [2.05, 4.69) is 0 Å². The van der Waals surface area contributed by atoms with Crippen LogP contribution in [0.25, 0.3) is 0 Å². The average molecular weight is 411 g/mol. The van der Waals surface area contributed by atoms with E-state index in [1.165, 1.54) is 8.61 Å². The van der Waals surface area contributed by atoms with E-state index < -0.39 is 20.0 Å². The van der Waals surface area contributed by atoms with Crippen LogP contribution in [0.15, 0.2) is 59.5 Å². The fraction of sp³-hybridized carbons (Fsp3) is 0.333. The number of para-hydroxylation sites is 1. The summed E-state index contributed by atoms with van der Waals surface area (Å²) < 4.78 is 57.2. The maximum Gasteiger partial charge on any atom is 0.243 e. The molecule has 1 heterocycles. The second-order valence-electron chi connectivity index (χ2n) is 6.32. The zero-order valence-corrected chi connectivity index (χ0v) is 16.6. The monoisotopic (exact) mass is 410 g/mol. The lowest BCUT2D eigenvalue weighted by Crippen LogP contribution is -2.50. The molecule has 0 aromatic heterocycles. The Hall–Kier alpha value is -1.94. The summed E-state index contributed by atoms with van der Waals surface area (Å²) in [5, 5.41) is 0. The third kappa shape index (κ3) is 4.86. The SMILES string of the molecule is CS(=O)(=O)N1CCN(S(=O)(=O)c2cccc(COc3ccccc3)c2)CC1. The van der Waals surface area contributed by atoms with Crippen molar-refractivity contribution < 1.29 is 21.6 Å². The van der Waals surface area contributed by atoms with Crippen LogP contribution in [-0.4, -0.2) is 57.9 Å². The van der Waals surface area contributed by atoms with Crippen LogP contribution in [-0.2, 0) is 26.7 Å². The maximum atomic E-state index is 12.9. The van der Waals surface area contributed by atoms with Gasteiger partial charge in [0.25, 0.3) is 0 Å². The molecule has 1 saturated heterocycles. The van der Waals surface area contributed by atoms with Crippen molar-refractivity contribution >= 4 is 20.0 Å². The smallest absolute Gasteiger partial charge is 0.243 e. The quantitative estimate of drug-likeness (QED) is 0.721. The minimum atomic E-state index is -3.68. The van der Waals surface area contributed by atoms with Gasteiger partial charge in [-0.05, 0) is 29.8 Å². The van der Waals surface area contributed by atoms with Gasteiger partial charge in [0, 0.05) is 26.2 Å². The molecule has 1 aliphatic rings. The lowest BCUT2D eigenvalue weighted by molar-refractivity contribution is 0.274. The van der Waals surface area contributed by atoms with Crippen LogP contribution in [0.3, 0.4) is 0 Å². The van der Waals surface area contributed by atoms with Crippen molar-refractivity contribution in [3.05, 3.63) is 60.2 Å². The van der Waals surface area contributed by atoms with Gasteiger partial charge < -0.3 is 4.74 Å². The van der Waals surface area contributed by atoms with E-state index in [9.17, 15) is 16.8 Å². The maximum absolute atomic E-state index is 12.9. The highest BCUT2D eigenvalue weighted by Crippen LogP contribution is 2.20. The molecule has 0 radical (unpaired) electrons. The summed E-state index contributed by atoms with van der Waals surface area (Å²) in [6.45, 7) is 0.860. The summed E-state index contributed by atoms with van der Waals surface area (Å²) in [5.41, 5.74) is 0.745. The first-order valence-electron chi connectivity index (χ1n) is 8.49. The molecule has 0 aliphatic carbocycles. The standard InChI is InChI=1S/C18H22N2O5S2/c1-26(21,22)19-10-12-20(13-11-19)27(23,24)18-9-5-6-16(14-18)15-25-17-7-3-2-4-8-17/h2-9,14H,10-13,15H2,1H3. The fourth-order valence-electron chi connectivity index (χ4n) is 2.87. The van der Waals surface area contributed by atoms with Crippen LogP contribution in [0.5, 0.6) is 5.75 Å². The summed E-state index contributed by atoms with van der Waals surface area (Å²) in [6, 6.07) is 15.9. The van der Waals surface area contributed by atoms with Gasteiger partial charge in [-0.15, -0.1) is 0 Å². The van der Waals surface area contributed by atoms with Crippen molar-refractivity contribution in [1.82, 2.24) is 8.61 Å². The predicted octanol–water partition coefficient (Wildman–Crippen LogP) is 1.53. The molecule has 27 heavy (non-hydrogen) atoms. The first-order chi connectivity index (χ1) is 12.8. The van der Waals surface area contributed by atoms with Gasteiger partial charge in [0.2, 0.25) is 20.0 Å². The summed E-state index contributed by atoms with van der Waals surface area (Å²) in [6.07, 6.45) is 1.13. The minimum absolute atomic E-state index is 0.139. The van der Waals surface area contributed by atoms with Crippen LogP contribution >= 0.6 is 0 Å². The Bertz CT molecular complexity index is 983. The molecule has 0 unspecified atom stereocenters. The van der Waals surface area contributed by atoms with Gasteiger partial charge in [0.1, 0.15) is 12.4 Å². The van der Waals surface area contributed by atoms with Crippen molar-refractivity contribution in [2.24, 2.45) is 0 Å². The predicted molar refractivity (Wildman–Crippen MR) is 102 cm³/mol. The summed E-state index contributed by atoms with van der Waals surface area (Å²) in [4.78, 5) is 0.185. The fourth-order valence-corrected chi connectivity index (χ4v) is 5.19. The van der Waals surface area contributed by atoms with Crippen molar-refractivity contribution in [1.29, 1.82) is 0 Å². The lowest BCUT2D eigenvalue weighted by Gasteiger charge is -2.32. The zero-order chi connectivity index (χ0) is 19.5. The zero-order valence-electron chi connectivity index (χ0n) is 15.0. The molecule has 3 rings (SSSR count). The van der Waals surface area contributed by atoms with E-state index in [1.807, 2.05) is 36.4 Å². The first kappa shape index (κ1) is 19.8. The van der Waals surface area contributed by atoms with E-state index in [0.29, 0.717) is 5.75 Å². The third-order valence-electron chi connectivity index (χ3n) is 4.35. The van der Waals surface area contributed by atoms with Crippen molar-refractivity contribution in [2.45, 2.75) is 11.5 Å². The molecule has 7 nitrogen and oxygen atoms in total. The van der Waals surface area contributed by atoms with Crippen LogP contribution in [0.1, 0.15) is 5.56 Å². The molecular weight excluding hydrogens is 388 g/mol. The first-order valence-corrected chi connectivity index (χ1v) is 11.8. The normalized spacial score (nSPS) is 16.9. The summed E-state index contributed by atoms with van der Waals surface area (Å²) >= 11 is 0. The second-order valence-corrected chi connectivity index (χ2v) is 10.2. The molecule has 9 heteroatoms.